The molecular weight excluding hydrogens is 132 g/mol. The van der Waals surface area contributed by atoms with Crippen molar-refractivity contribution in [2.45, 2.75) is 27.2 Å². The van der Waals surface area contributed by atoms with Crippen LogP contribution in [0.2, 0.25) is 0 Å². The van der Waals surface area contributed by atoms with Gasteiger partial charge in [-0.3, -0.25) is 0 Å². The summed E-state index contributed by atoms with van der Waals surface area (Å²) in [7, 11) is 0. The van der Waals surface area contributed by atoms with Crippen molar-refractivity contribution in [3.8, 4) is 0 Å². The van der Waals surface area contributed by atoms with E-state index in [1.807, 2.05) is 0 Å². The van der Waals surface area contributed by atoms with E-state index in [-0.39, 0.29) is 0 Å². The summed E-state index contributed by atoms with van der Waals surface area (Å²) in [6, 6.07) is 0. The predicted molar refractivity (Wildman–Crippen MR) is 46.1 cm³/mol. The summed E-state index contributed by atoms with van der Waals surface area (Å²) in [5, 5.41) is 0. The van der Waals surface area contributed by atoms with Gasteiger partial charge in [-0.25, -0.2) is 0 Å². The quantitative estimate of drug-likeness (QED) is 0.498. The molecule has 7 atom stereocenters. The van der Waals surface area contributed by atoms with Crippen molar-refractivity contribution >= 4 is 0 Å². The lowest BCUT2D eigenvalue weighted by molar-refractivity contribution is -0.246. The highest BCUT2D eigenvalue weighted by atomic mass is 14.7. The Bertz CT molecular complexity index is 186. The molecule has 11 heavy (non-hydrogen) atoms. The first-order chi connectivity index (χ1) is 5.22. The van der Waals surface area contributed by atoms with Crippen LogP contribution in [-0.4, -0.2) is 0 Å². The van der Waals surface area contributed by atoms with Crippen LogP contribution < -0.4 is 0 Å². The fourth-order valence-corrected chi connectivity index (χ4v) is 4.62. The second-order valence-electron chi connectivity index (χ2n) is 5.30. The summed E-state index contributed by atoms with van der Waals surface area (Å²) < 4.78 is 0. The summed E-state index contributed by atoms with van der Waals surface area (Å²) in [6.45, 7) is 7.46. The molecule has 0 radical (unpaired) electrons. The SMILES string of the molecule is CC1C(C)C2C(C)C3C1CC23. The van der Waals surface area contributed by atoms with Gasteiger partial charge in [0.05, 0.1) is 0 Å². The van der Waals surface area contributed by atoms with Gasteiger partial charge < -0.3 is 0 Å². The molecule has 4 bridgehead atoms. The fraction of sp³-hybridized carbons (Fsp3) is 1.00. The first-order valence-electron chi connectivity index (χ1n) is 5.22. The lowest BCUT2D eigenvalue weighted by atomic mass is 9.32. The molecule has 0 nitrogen and oxygen atoms in total. The molecule has 0 heterocycles. The van der Waals surface area contributed by atoms with Crippen LogP contribution in [0.5, 0.6) is 0 Å². The van der Waals surface area contributed by atoms with Crippen molar-refractivity contribution in [1.29, 1.82) is 0 Å². The average Bonchev–Trinajstić information content (AvgIpc) is 1.91. The van der Waals surface area contributed by atoms with Crippen molar-refractivity contribution in [1.82, 2.24) is 0 Å². The summed E-state index contributed by atoms with van der Waals surface area (Å²) in [6.07, 6.45) is 1.59. The van der Waals surface area contributed by atoms with Crippen LogP contribution >= 0.6 is 0 Å². The molecule has 0 aliphatic heterocycles. The summed E-state index contributed by atoms with van der Waals surface area (Å²) in [5.74, 6) is 7.79. The van der Waals surface area contributed by atoms with E-state index in [0.717, 1.165) is 29.6 Å². The normalized spacial score (nSPS) is 71.7. The van der Waals surface area contributed by atoms with Crippen LogP contribution in [-0.2, 0) is 0 Å². The van der Waals surface area contributed by atoms with Gasteiger partial charge in [-0.1, -0.05) is 20.8 Å². The van der Waals surface area contributed by atoms with Gasteiger partial charge in [0, 0.05) is 0 Å². The maximum Gasteiger partial charge on any atom is -0.0323 e. The number of hydrogen-bond donors (Lipinski definition) is 0. The standard InChI is InChI=1S/C11H18/c1-5-6(2)10-7(3)11-8(5)4-9(10)11/h5-11H,4H2,1-3H3. The highest BCUT2D eigenvalue weighted by molar-refractivity contribution is 5.14. The monoisotopic (exact) mass is 150 g/mol. The highest BCUT2D eigenvalue weighted by Crippen LogP contribution is 2.71. The van der Waals surface area contributed by atoms with Crippen molar-refractivity contribution in [2.75, 3.05) is 0 Å². The third kappa shape index (κ3) is 0.494. The number of rotatable bonds is 0. The van der Waals surface area contributed by atoms with Crippen LogP contribution in [0.4, 0.5) is 0 Å². The average molecular weight is 150 g/mol. The second kappa shape index (κ2) is 1.67. The molecule has 0 aromatic carbocycles. The molecule has 0 spiro atoms. The lowest BCUT2D eigenvalue weighted by Gasteiger charge is -2.72. The number of hydrogen-bond acceptors (Lipinski definition) is 0. The minimum absolute atomic E-state index is 1.04. The molecular formula is C11H18. The Labute approximate surface area is 69.4 Å². The Morgan fingerprint density at radius 1 is 0.727 bits per heavy atom. The molecule has 0 amide bonds. The van der Waals surface area contributed by atoms with Crippen LogP contribution in [0.3, 0.4) is 0 Å². The zero-order valence-corrected chi connectivity index (χ0v) is 7.75. The van der Waals surface area contributed by atoms with E-state index < -0.39 is 0 Å². The van der Waals surface area contributed by atoms with Gasteiger partial charge in [-0.15, -0.1) is 0 Å². The Morgan fingerprint density at radius 2 is 1.45 bits per heavy atom. The molecule has 0 aromatic heterocycles. The Balaban J connectivity index is 1.94. The molecule has 62 valence electrons. The van der Waals surface area contributed by atoms with E-state index >= 15 is 0 Å². The first-order valence-corrected chi connectivity index (χ1v) is 5.22. The maximum absolute atomic E-state index is 2.49. The van der Waals surface area contributed by atoms with Crippen LogP contribution in [0.25, 0.3) is 0 Å². The van der Waals surface area contributed by atoms with Gasteiger partial charge in [0.25, 0.3) is 0 Å². The predicted octanol–water partition coefficient (Wildman–Crippen LogP) is 2.79. The van der Waals surface area contributed by atoms with Gasteiger partial charge in [0.1, 0.15) is 0 Å². The third-order valence-electron chi connectivity index (χ3n) is 5.35. The van der Waals surface area contributed by atoms with Gasteiger partial charge in [0.15, 0.2) is 0 Å². The minimum atomic E-state index is 1.04. The van der Waals surface area contributed by atoms with Crippen LogP contribution in [0, 0.1) is 41.4 Å². The van der Waals surface area contributed by atoms with Gasteiger partial charge in [-0.05, 0) is 47.8 Å². The second-order valence-corrected chi connectivity index (χ2v) is 5.30. The van der Waals surface area contributed by atoms with Crippen LogP contribution in [0.1, 0.15) is 27.2 Å². The lowest BCUT2D eigenvalue weighted by Crippen LogP contribution is -2.67. The van der Waals surface area contributed by atoms with Crippen LogP contribution in [0.15, 0.2) is 0 Å². The molecule has 0 heteroatoms. The van der Waals surface area contributed by atoms with E-state index in [2.05, 4.69) is 20.8 Å². The van der Waals surface area contributed by atoms with E-state index in [0.29, 0.717) is 0 Å². The van der Waals surface area contributed by atoms with Crippen molar-refractivity contribution in [3.63, 3.8) is 0 Å². The molecule has 5 rings (SSSR count). The molecule has 5 saturated carbocycles. The minimum Gasteiger partial charge on any atom is -0.0620 e. The maximum atomic E-state index is 2.49. The van der Waals surface area contributed by atoms with E-state index in [4.69, 9.17) is 0 Å². The van der Waals surface area contributed by atoms with Gasteiger partial charge in [-0.2, -0.15) is 0 Å². The molecule has 5 fully saturated rings. The molecule has 0 aromatic rings. The van der Waals surface area contributed by atoms with Crippen molar-refractivity contribution < 1.29 is 0 Å². The van der Waals surface area contributed by atoms with E-state index in [9.17, 15) is 0 Å². The molecule has 0 N–H and O–H groups in total. The summed E-state index contributed by atoms with van der Waals surface area (Å²) >= 11 is 0. The zero-order valence-electron chi connectivity index (χ0n) is 7.75. The smallest absolute Gasteiger partial charge is 0.0323 e. The molecule has 5 aliphatic carbocycles. The Morgan fingerprint density at radius 3 is 1.91 bits per heavy atom. The Hall–Kier alpha value is 0. The van der Waals surface area contributed by atoms with Gasteiger partial charge >= 0.3 is 0 Å². The molecule has 5 aliphatic rings. The summed E-state index contributed by atoms with van der Waals surface area (Å²) in [4.78, 5) is 0. The first kappa shape index (κ1) is 6.51. The highest BCUT2D eigenvalue weighted by Gasteiger charge is 2.66. The molecule has 7 unspecified atom stereocenters. The fourth-order valence-electron chi connectivity index (χ4n) is 4.62. The van der Waals surface area contributed by atoms with E-state index in [1.54, 1.807) is 6.42 Å². The molecule has 0 saturated heterocycles. The van der Waals surface area contributed by atoms with Crippen molar-refractivity contribution in [2.24, 2.45) is 41.4 Å². The zero-order chi connectivity index (χ0) is 7.75. The third-order valence-corrected chi connectivity index (χ3v) is 5.35. The Kier molecular flexibility index (Phi) is 0.990. The largest absolute Gasteiger partial charge is 0.0620 e. The van der Waals surface area contributed by atoms with Gasteiger partial charge in [0.2, 0.25) is 0 Å². The van der Waals surface area contributed by atoms with Crippen molar-refractivity contribution in [3.05, 3.63) is 0 Å². The topological polar surface area (TPSA) is 0 Å². The summed E-state index contributed by atoms with van der Waals surface area (Å²) in [5.41, 5.74) is 0. The van der Waals surface area contributed by atoms with E-state index in [1.165, 1.54) is 11.8 Å².